The van der Waals surface area contributed by atoms with Crippen LogP contribution in [-0.2, 0) is 19.4 Å². The van der Waals surface area contributed by atoms with Gasteiger partial charge in [0.1, 0.15) is 5.75 Å². The largest absolute Gasteiger partial charge is 0.573 e. The van der Waals surface area contributed by atoms with Gasteiger partial charge in [-0.25, -0.2) is 0 Å². The standard InChI is InChI=1S/C17H18F3N3O2/c18-17(19,20)25-14-7-5-12(6-8-14)16(24)21-9-10-23-15-4-2-1-3-13(15)11-22-23/h5-8,11H,1-4,9-10H2,(H,21,24). The maximum absolute atomic E-state index is 12.1. The second-order valence-electron chi connectivity index (χ2n) is 5.87. The predicted octanol–water partition coefficient (Wildman–Crippen LogP) is 3.09. The van der Waals surface area contributed by atoms with Crippen LogP contribution in [0.5, 0.6) is 5.75 Å². The molecule has 134 valence electrons. The highest BCUT2D eigenvalue weighted by Gasteiger charge is 2.31. The summed E-state index contributed by atoms with van der Waals surface area (Å²) < 4.78 is 42.0. The molecular weight excluding hydrogens is 335 g/mol. The van der Waals surface area contributed by atoms with Crippen LogP contribution in [0, 0.1) is 0 Å². The summed E-state index contributed by atoms with van der Waals surface area (Å²) in [4.78, 5) is 12.1. The zero-order valence-corrected chi connectivity index (χ0v) is 13.5. The van der Waals surface area contributed by atoms with E-state index in [0.29, 0.717) is 13.1 Å². The second kappa shape index (κ2) is 7.16. The molecular formula is C17H18F3N3O2. The average molecular weight is 353 g/mol. The molecule has 0 saturated heterocycles. The van der Waals surface area contributed by atoms with E-state index in [1.807, 2.05) is 10.9 Å². The van der Waals surface area contributed by atoms with Gasteiger partial charge >= 0.3 is 6.36 Å². The molecule has 8 heteroatoms. The summed E-state index contributed by atoms with van der Waals surface area (Å²) in [5.74, 6) is -0.702. The van der Waals surface area contributed by atoms with E-state index in [-0.39, 0.29) is 17.2 Å². The highest BCUT2D eigenvalue weighted by Crippen LogP contribution is 2.23. The minimum absolute atomic E-state index is 0.275. The van der Waals surface area contributed by atoms with Crippen molar-refractivity contribution in [2.24, 2.45) is 0 Å². The summed E-state index contributed by atoms with van der Waals surface area (Å²) in [7, 11) is 0. The fourth-order valence-corrected chi connectivity index (χ4v) is 2.93. The Balaban J connectivity index is 1.52. The number of amides is 1. The van der Waals surface area contributed by atoms with Gasteiger partial charge in [0.25, 0.3) is 5.91 Å². The summed E-state index contributed by atoms with van der Waals surface area (Å²) in [6, 6.07) is 4.83. The smallest absolute Gasteiger partial charge is 0.406 e. The van der Waals surface area contributed by atoms with Crippen molar-refractivity contribution in [1.29, 1.82) is 0 Å². The van der Waals surface area contributed by atoms with Crippen LogP contribution in [0.15, 0.2) is 30.5 Å². The van der Waals surface area contributed by atoms with Crippen molar-refractivity contribution in [2.45, 2.75) is 38.6 Å². The molecule has 1 aromatic heterocycles. The molecule has 0 fully saturated rings. The highest BCUT2D eigenvalue weighted by atomic mass is 19.4. The van der Waals surface area contributed by atoms with Crippen LogP contribution in [0.25, 0.3) is 0 Å². The molecule has 1 aliphatic carbocycles. The van der Waals surface area contributed by atoms with Crippen LogP contribution < -0.4 is 10.1 Å². The lowest BCUT2D eigenvalue weighted by atomic mass is 9.98. The maximum atomic E-state index is 12.1. The SMILES string of the molecule is O=C(NCCn1ncc2c1CCCC2)c1ccc(OC(F)(F)F)cc1. The second-order valence-corrected chi connectivity index (χ2v) is 5.87. The number of benzene rings is 1. The van der Waals surface area contributed by atoms with Gasteiger partial charge < -0.3 is 10.1 Å². The van der Waals surface area contributed by atoms with Gasteiger partial charge in [0.2, 0.25) is 0 Å². The Hall–Kier alpha value is -2.51. The highest BCUT2D eigenvalue weighted by molar-refractivity contribution is 5.94. The maximum Gasteiger partial charge on any atom is 0.573 e. The van der Waals surface area contributed by atoms with E-state index in [9.17, 15) is 18.0 Å². The van der Waals surface area contributed by atoms with Crippen molar-refractivity contribution in [3.05, 3.63) is 47.3 Å². The lowest BCUT2D eigenvalue weighted by molar-refractivity contribution is -0.274. The van der Waals surface area contributed by atoms with E-state index in [1.165, 1.54) is 29.8 Å². The first kappa shape index (κ1) is 17.3. The van der Waals surface area contributed by atoms with E-state index in [1.54, 1.807) is 0 Å². The summed E-state index contributed by atoms with van der Waals surface area (Å²) in [5.41, 5.74) is 2.78. The molecule has 5 nitrogen and oxygen atoms in total. The van der Waals surface area contributed by atoms with Crippen LogP contribution in [0.3, 0.4) is 0 Å². The van der Waals surface area contributed by atoms with Gasteiger partial charge in [-0.15, -0.1) is 13.2 Å². The number of carbonyl (C=O) groups is 1. The number of alkyl halides is 3. The zero-order chi connectivity index (χ0) is 17.9. The van der Waals surface area contributed by atoms with Crippen molar-refractivity contribution in [3.63, 3.8) is 0 Å². The van der Waals surface area contributed by atoms with E-state index in [4.69, 9.17) is 0 Å². The van der Waals surface area contributed by atoms with Crippen LogP contribution in [-0.4, -0.2) is 28.6 Å². The van der Waals surface area contributed by atoms with Crippen molar-refractivity contribution >= 4 is 5.91 Å². The van der Waals surface area contributed by atoms with Crippen molar-refractivity contribution < 1.29 is 22.7 Å². The van der Waals surface area contributed by atoms with Crippen molar-refractivity contribution in [2.75, 3.05) is 6.54 Å². The Labute approximate surface area is 142 Å². The van der Waals surface area contributed by atoms with E-state index < -0.39 is 6.36 Å². The third kappa shape index (κ3) is 4.52. The van der Waals surface area contributed by atoms with Gasteiger partial charge in [0.05, 0.1) is 12.7 Å². The minimum Gasteiger partial charge on any atom is -0.406 e. The molecule has 1 heterocycles. The number of rotatable bonds is 5. The van der Waals surface area contributed by atoms with Crippen molar-refractivity contribution in [1.82, 2.24) is 15.1 Å². The molecule has 1 N–H and O–H groups in total. The van der Waals surface area contributed by atoms with Gasteiger partial charge in [0, 0.05) is 17.8 Å². The number of ether oxygens (including phenoxy) is 1. The third-order valence-corrected chi connectivity index (χ3v) is 4.10. The zero-order valence-electron chi connectivity index (χ0n) is 13.5. The third-order valence-electron chi connectivity index (χ3n) is 4.10. The number of fused-ring (bicyclic) bond motifs is 1. The lowest BCUT2D eigenvalue weighted by Crippen LogP contribution is -2.28. The van der Waals surface area contributed by atoms with Crippen LogP contribution in [0.1, 0.15) is 34.5 Å². The van der Waals surface area contributed by atoms with Gasteiger partial charge in [-0.3, -0.25) is 9.48 Å². The van der Waals surface area contributed by atoms with Crippen molar-refractivity contribution in [3.8, 4) is 5.75 Å². The summed E-state index contributed by atoms with van der Waals surface area (Å²) in [5, 5.41) is 7.10. The van der Waals surface area contributed by atoms with Gasteiger partial charge in [-0.1, -0.05) is 0 Å². The average Bonchev–Trinajstić information content (AvgIpc) is 2.97. The topological polar surface area (TPSA) is 56.2 Å². The number of nitrogens with one attached hydrogen (secondary N) is 1. The van der Waals surface area contributed by atoms with Gasteiger partial charge in [0.15, 0.2) is 0 Å². The van der Waals surface area contributed by atoms with Gasteiger partial charge in [-0.2, -0.15) is 5.10 Å². The van der Waals surface area contributed by atoms with Crippen LogP contribution in [0.4, 0.5) is 13.2 Å². The number of aromatic nitrogens is 2. The molecule has 2 aromatic rings. The molecule has 25 heavy (non-hydrogen) atoms. The molecule has 0 aliphatic heterocycles. The predicted molar refractivity (Wildman–Crippen MR) is 84.3 cm³/mol. The number of hydrogen-bond acceptors (Lipinski definition) is 3. The Morgan fingerprint density at radius 3 is 2.64 bits per heavy atom. The Kier molecular flexibility index (Phi) is 4.96. The first-order chi connectivity index (χ1) is 11.9. The molecule has 0 radical (unpaired) electrons. The summed E-state index contributed by atoms with van der Waals surface area (Å²) in [6.07, 6.45) is 1.53. The first-order valence-electron chi connectivity index (χ1n) is 8.10. The molecule has 0 atom stereocenters. The lowest BCUT2D eigenvalue weighted by Gasteiger charge is -2.14. The quantitative estimate of drug-likeness (QED) is 0.899. The molecule has 0 unspecified atom stereocenters. The molecule has 0 bridgehead atoms. The normalized spacial score (nSPS) is 14.0. The number of aryl methyl sites for hydroxylation is 1. The van der Waals surface area contributed by atoms with E-state index >= 15 is 0 Å². The minimum atomic E-state index is -4.74. The first-order valence-corrected chi connectivity index (χ1v) is 8.10. The number of halogens is 3. The van der Waals surface area contributed by atoms with E-state index in [0.717, 1.165) is 31.4 Å². The summed E-state index contributed by atoms with van der Waals surface area (Å²) >= 11 is 0. The Morgan fingerprint density at radius 2 is 1.92 bits per heavy atom. The Morgan fingerprint density at radius 1 is 1.20 bits per heavy atom. The molecule has 3 rings (SSSR count). The van der Waals surface area contributed by atoms with Crippen LogP contribution >= 0.6 is 0 Å². The van der Waals surface area contributed by atoms with E-state index in [2.05, 4.69) is 15.2 Å². The van der Waals surface area contributed by atoms with Gasteiger partial charge in [-0.05, 0) is 55.5 Å². The molecule has 1 aliphatic rings. The fourth-order valence-electron chi connectivity index (χ4n) is 2.93. The molecule has 1 aromatic carbocycles. The number of carbonyl (C=O) groups excluding carboxylic acids is 1. The fraction of sp³-hybridized carbons (Fsp3) is 0.412. The molecule has 1 amide bonds. The monoisotopic (exact) mass is 353 g/mol. The summed E-state index contributed by atoms with van der Waals surface area (Å²) in [6.45, 7) is 0.962. The molecule has 0 saturated carbocycles. The molecule has 0 spiro atoms. The Bertz CT molecular complexity index is 739. The number of nitrogens with zero attached hydrogens (tertiary/aromatic N) is 2. The van der Waals surface area contributed by atoms with Crippen LogP contribution in [0.2, 0.25) is 0 Å². The number of hydrogen-bond donors (Lipinski definition) is 1.